The molecular weight excluding hydrogens is 250 g/mol. The van der Waals surface area contributed by atoms with Gasteiger partial charge in [-0.05, 0) is 12.8 Å². The molecule has 0 fully saturated rings. The first-order chi connectivity index (χ1) is 9.72. The van der Waals surface area contributed by atoms with Gasteiger partial charge in [0.05, 0.1) is 18.8 Å². The van der Waals surface area contributed by atoms with Crippen LogP contribution in [0.15, 0.2) is 12.2 Å². The zero-order valence-electron chi connectivity index (χ0n) is 13.3. The third kappa shape index (κ3) is 12.6. The van der Waals surface area contributed by atoms with Gasteiger partial charge in [0.2, 0.25) is 0 Å². The van der Waals surface area contributed by atoms with Crippen molar-refractivity contribution in [3.8, 4) is 0 Å². The van der Waals surface area contributed by atoms with E-state index in [9.17, 15) is 5.11 Å². The molecule has 0 rings (SSSR count). The first-order valence-electron chi connectivity index (χ1n) is 8.43. The molecule has 0 radical (unpaired) electrons. The van der Waals surface area contributed by atoms with E-state index in [0.29, 0.717) is 0 Å². The standard InChI is InChI=1S/C17H35NO2/c1-2-3-4-5-6-7-8-9-10-11-12-13-14-17(20)16(18)15-19/h13-14,16-17,19-20H,2-12,15,18H2,1H3/b14-13+/t16-,17-/m0/s1. The fourth-order valence-corrected chi connectivity index (χ4v) is 2.24. The maximum Gasteiger partial charge on any atom is 0.0894 e. The summed E-state index contributed by atoms with van der Waals surface area (Å²) in [6, 6.07) is -0.557. The number of nitrogens with two attached hydrogens (primary N) is 1. The number of hydrogen-bond donors (Lipinski definition) is 3. The van der Waals surface area contributed by atoms with Gasteiger partial charge in [-0.25, -0.2) is 0 Å². The normalized spacial score (nSPS) is 14.8. The zero-order chi connectivity index (χ0) is 15.1. The topological polar surface area (TPSA) is 66.5 Å². The van der Waals surface area contributed by atoms with Crippen LogP contribution in [0.4, 0.5) is 0 Å². The van der Waals surface area contributed by atoms with Crippen LogP contribution in [0.5, 0.6) is 0 Å². The lowest BCUT2D eigenvalue weighted by molar-refractivity contribution is 0.144. The molecule has 3 heteroatoms. The van der Waals surface area contributed by atoms with Gasteiger partial charge in [0.1, 0.15) is 0 Å². The molecule has 0 heterocycles. The Morgan fingerprint density at radius 2 is 1.40 bits per heavy atom. The maximum absolute atomic E-state index is 9.51. The Morgan fingerprint density at radius 1 is 0.900 bits per heavy atom. The number of rotatable bonds is 14. The van der Waals surface area contributed by atoms with Gasteiger partial charge >= 0.3 is 0 Å². The van der Waals surface area contributed by atoms with E-state index >= 15 is 0 Å². The van der Waals surface area contributed by atoms with Gasteiger partial charge in [-0.1, -0.05) is 76.9 Å². The second kappa shape index (κ2) is 15.0. The molecule has 0 saturated heterocycles. The highest BCUT2D eigenvalue weighted by molar-refractivity contribution is 4.93. The van der Waals surface area contributed by atoms with E-state index in [1.165, 1.54) is 64.2 Å². The second-order valence-corrected chi connectivity index (χ2v) is 5.74. The molecule has 0 spiro atoms. The van der Waals surface area contributed by atoms with Crippen LogP contribution in [0.3, 0.4) is 0 Å². The van der Waals surface area contributed by atoms with Gasteiger partial charge in [0.25, 0.3) is 0 Å². The molecule has 0 aromatic heterocycles. The summed E-state index contributed by atoms with van der Waals surface area (Å²) in [5, 5.41) is 18.3. The Balaban J connectivity index is 3.22. The van der Waals surface area contributed by atoms with Crippen LogP contribution in [0.1, 0.15) is 77.6 Å². The van der Waals surface area contributed by atoms with Gasteiger partial charge < -0.3 is 15.9 Å². The van der Waals surface area contributed by atoms with Crippen LogP contribution in [-0.2, 0) is 0 Å². The Hall–Kier alpha value is -0.380. The summed E-state index contributed by atoms with van der Waals surface area (Å²) < 4.78 is 0. The van der Waals surface area contributed by atoms with E-state index in [4.69, 9.17) is 10.8 Å². The van der Waals surface area contributed by atoms with Crippen LogP contribution in [0.2, 0.25) is 0 Å². The lowest BCUT2D eigenvalue weighted by Crippen LogP contribution is -2.36. The van der Waals surface area contributed by atoms with Gasteiger partial charge in [-0.15, -0.1) is 0 Å². The number of aliphatic hydroxyl groups excluding tert-OH is 2. The second-order valence-electron chi connectivity index (χ2n) is 5.74. The highest BCUT2D eigenvalue weighted by Crippen LogP contribution is 2.11. The Morgan fingerprint density at radius 3 is 1.90 bits per heavy atom. The van der Waals surface area contributed by atoms with Crippen LogP contribution >= 0.6 is 0 Å². The first-order valence-corrected chi connectivity index (χ1v) is 8.43. The number of aliphatic hydroxyl groups is 2. The molecule has 0 bridgehead atoms. The Bertz CT molecular complexity index is 219. The monoisotopic (exact) mass is 285 g/mol. The van der Waals surface area contributed by atoms with E-state index < -0.39 is 12.1 Å². The fraction of sp³-hybridized carbons (Fsp3) is 0.882. The minimum Gasteiger partial charge on any atom is -0.395 e. The van der Waals surface area contributed by atoms with Crippen LogP contribution in [0.25, 0.3) is 0 Å². The molecule has 0 amide bonds. The smallest absolute Gasteiger partial charge is 0.0894 e. The minimum atomic E-state index is -0.719. The van der Waals surface area contributed by atoms with Crippen molar-refractivity contribution in [3.05, 3.63) is 12.2 Å². The van der Waals surface area contributed by atoms with Gasteiger partial charge in [0.15, 0.2) is 0 Å². The average molecular weight is 285 g/mol. The van der Waals surface area contributed by atoms with Crippen molar-refractivity contribution in [1.82, 2.24) is 0 Å². The van der Waals surface area contributed by atoms with Crippen molar-refractivity contribution < 1.29 is 10.2 Å². The van der Waals surface area contributed by atoms with E-state index in [1.54, 1.807) is 6.08 Å². The molecule has 0 saturated carbocycles. The predicted molar refractivity (Wildman–Crippen MR) is 86.7 cm³/mol. The Kier molecular flexibility index (Phi) is 14.7. The van der Waals surface area contributed by atoms with Gasteiger partial charge in [-0.3, -0.25) is 0 Å². The molecule has 4 N–H and O–H groups in total. The molecule has 120 valence electrons. The first kappa shape index (κ1) is 19.6. The van der Waals surface area contributed by atoms with Gasteiger partial charge in [-0.2, -0.15) is 0 Å². The zero-order valence-corrected chi connectivity index (χ0v) is 13.3. The van der Waals surface area contributed by atoms with Crippen molar-refractivity contribution in [1.29, 1.82) is 0 Å². The molecular formula is C17H35NO2. The third-order valence-electron chi connectivity index (χ3n) is 3.71. The quantitative estimate of drug-likeness (QED) is 0.338. The van der Waals surface area contributed by atoms with E-state index in [2.05, 4.69) is 6.92 Å². The van der Waals surface area contributed by atoms with Crippen molar-refractivity contribution in [2.45, 2.75) is 89.7 Å². The van der Waals surface area contributed by atoms with Crippen molar-refractivity contribution >= 4 is 0 Å². The molecule has 3 nitrogen and oxygen atoms in total. The molecule has 20 heavy (non-hydrogen) atoms. The summed E-state index contributed by atoms with van der Waals surface area (Å²) in [4.78, 5) is 0. The summed E-state index contributed by atoms with van der Waals surface area (Å²) in [6.45, 7) is 2.08. The molecule has 0 unspecified atom stereocenters. The highest BCUT2D eigenvalue weighted by atomic mass is 16.3. The van der Waals surface area contributed by atoms with Crippen LogP contribution < -0.4 is 5.73 Å². The molecule has 0 aromatic carbocycles. The summed E-state index contributed by atoms with van der Waals surface area (Å²) in [5.41, 5.74) is 5.50. The minimum absolute atomic E-state index is 0.177. The molecule has 0 aliphatic rings. The van der Waals surface area contributed by atoms with Crippen molar-refractivity contribution in [2.24, 2.45) is 5.73 Å². The lowest BCUT2D eigenvalue weighted by Gasteiger charge is -2.11. The van der Waals surface area contributed by atoms with E-state index in [1.807, 2.05) is 6.08 Å². The SMILES string of the molecule is CCCCCCCCCCCC/C=C/[C@H](O)[C@@H](N)CO. The highest BCUT2D eigenvalue weighted by Gasteiger charge is 2.08. The summed E-state index contributed by atoms with van der Waals surface area (Å²) in [6.07, 6.45) is 17.4. The summed E-state index contributed by atoms with van der Waals surface area (Å²) in [7, 11) is 0. The summed E-state index contributed by atoms with van der Waals surface area (Å²) in [5.74, 6) is 0. The van der Waals surface area contributed by atoms with E-state index in [0.717, 1.165) is 6.42 Å². The van der Waals surface area contributed by atoms with Crippen molar-refractivity contribution in [3.63, 3.8) is 0 Å². The van der Waals surface area contributed by atoms with Crippen molar-refractivity contribution in [2.75, 3.05) is 6.61 Å². The molecule has 0 aliphatic heterocycles. The largest absolute Gasteiger partial charge is 0.395 e. The number of allylic oxidation sites excluding steroid dienone is 1. The third-order valence-corrected chi connectivity index (χ3v) is 3.71. The lowest BCUT2D eigenvalue weighted by atomic mass is 10.1. The van der Waals surface area contributed by atoms with E-state index in [-0.39, 0.29) is 6.61 Å². The molecule has 0 aliphatic carbocycles. The fourth-order valence-electron chi connectivity index (χ4n) is 2.24. The maximum atomic E-state index is 9.51. The predicted octanol–water partition coefficient (Wildman–Crippen LogP) is 3.53. The van der Waals surface area contributed by atoms with Gasteiger partial charge in [0, 0.05) is 0 Å². The Labute approximate surface area is 125 Å². The van der Waals surface area contributed by atoms with Crippen LogP contribution in [0, 0.1) is 0 Å². The summed E-state index contributed by atoms with van der Waals surface area (Å²) >= 11 is 0. The molecule has 2 atom stereocenters. The molecule has 0 aromatic rings. The van der Waals surface area contributed by atoms with Crippen LogP contribution in [-0.4, -0.2) is 29.0 Å². The number of hydrogen-bond acceptors (Lipinski definition) is 3. The number of unbranched alkanes of at least 4 members (excludes halogenated alkanes) is 10. The average Bonchev–Trinajstić information content (AvgIpc) is 2.47.